The van der Waals surface area contributed by atoms with Crippen LogP contribution in [-0.2, 0) is 6.42 Å². The zero-order valence-corrected chi connectivity index (χ0v) is 9.38. The first-order valence-corrected chi connectivity index (χ1v) is 5.35. The molecule has 0 aliphatic rings. The van der Waals surface area contributed by atoms with Crippen LogP contribution in [-0.4, -0.2) is 11.7 Å². The Morgan fingerprint density at radius 1 is 1.29 bits per heavy atom. The molecule has 1 aromatic rings. The van der Waals surface area contributed by atoms with Gasteiger partial charge in [-0.1, -0.05) is 32.0 Å². The first kappa shape index (κ1) is 11.3. The Hall–Kier alpha value is -0.820. The Morgan fingerprint density at radius 3 is 2.57 bits per heavy atom. The number of aliphatic hydroxyl groups is 1. The average Bonchev–Trinajstić information content (AvgIpc) is 2.16. The van der Waals surface area contributed by atoms with Crippen molar-refractivity contribution in [3.8, 4) is 0 Å². The molecule has 1 rings (SSSR count). The molecule has 1 aromatic carbocycles. The Labute approximate surface area is 86.8 Å². The first-order valence-electron chi connectivity index (χ1n) is 5.35. The monoisotopic (exact) mass is 192 g/mol. The third kappa shape index (κ3) is 2.85. The Balaban J connectivity index is 2.85. The zero-order chi connectivity index (χ0) is 10.6. The van der Waals surface area contributed by atoms with E-state index < -0.39 is 0 Å². The molecule has 1 heteroatoms. The molecule has 0 unspecified atom stereocenters. The fraction of sp³-hybridized carbons (Fsp3) is 0.538. The molecule has 0 atom stereocenters. The third-order valence-electron chi connectivity index (χ3n) is 2.64. The summed E-state index contributed by atoms with van der Waals surface area (Å²) in [6.07, 6.45) is 1.85. The number of rotatable bonds is 4. The number of benzene rings is 1. The lowest BCUT2D eigenvalue weighted by Crippen LogP contribution is -1.96. The maximum Gasteiger partial charge on any atom is 0.0434 e. The van der Waals surface area contributed by atoms with Gasteiger partial charge in [-0.3, -0.25) is 0 Å². The maximum absolute atomic E-state index is 8.80. The molecule has 0 fully saturated rings. The van der Waals surface area contributed by atoms with Crippen molar-refractivity contribution in [1.82, 2.24) is 0 Å². The standard InChI is InChI=1S/C13H20O/c1-10(2)12-7-6-11(3)13(9-12)5-4-8-14/h6-7,9-10,14H,4-5,8H2,1-3H3. The van der Waals surface area contributed by atoms with Gasteiger partial charge in [0, 0.05) is 6.61 Å². The minimum Gasteiger partial charge on any atom is -0.396 e. The van der Waals surface area contributed by atoms with E-state index in [1.807, 2.05) is 0 Å². The normalized spacial score (nSPS) is 10.9. The van der Waals surface area contributed by atoms with Gasteiger partial charge >= 0.3 is 0 Å². The number of aliphatic hydroxyl groups excluding tert-OH is 1. The lowest BCUT2D eigenvalue weighted by molar-refractivity contribution is 0.288. The van der Waals surface area contributed by atoms with Gasteiger partial charge in [-0.2, -0.15) is 0 Å². The predicted octanol–water partition coefficient (Wildman–Crippen LogP) is 3.04. The van der Waals surface area contributed by atoms with E-state index in [4.69, 9.17) is 5.11 Å². The molecule has 0 bridgehead atoms. The van der Waals surface area contributed by atoms with Crippen LogP contribution in [0, 0.1) is 6.92 Å². The fourth-order valence-electron chi connectivity index (χ4n) is 1.59. The molecular weight excluding hydrogens is 172 g/mol. The molecule has 0 saturated carbocycles. The van der Waals surface area contributed by atoms with Crippen molar-refractivity contribution < 1.29 is 5.11 Å². The van der Waals surface area contributed by atoms with Gasteiger partial charge in [0.1, 0.15) is 0 Å². The van der Waals surface area contributed by atoms with Crippen molar-refractivity contribution in [3.63, 3.8) is 0 Å². The van der Waals surface area contributed by atoms with Crippen molar-refractivity contribution in [3.05, 3.63) is 34.9 Å². The van der Waals surface area contributed by atoms with Crippen molar-refractivity contribution in [1.29, 1.82) is 0 Å². The summed E-state index contributed by atoms with van der Waals surface area (Å²) in [4.78, 5) is 0. The molecule has 0 saturated heterocycles. The Morgan fingerprint density at radius 2 is 2.00 bits per heavy atom. The van der Waals surface area contributed by atoms with E-state index in [0.717, 1.165) is 12.8 Å². The molecule has 0 aromatic heterocycles. The molecule has 1 N–H and O–H groups in total. The van der Waals surface area contributed by atoms with Gasteiger partial charge in [0.05, 0.1) is 0 Å². The smallest absolute Gasteiger partial charge is 0.0434 e. The van der Waals surface area contributed by atoms with Crippen LogP contribution in [0.2, 0.25) is 0 Å². The van der Waals surface area contributed by atoms with E-state index >= 15 is 0 Å². The van der Waals surface area contributed by atoms with Crippen molar-refractivity contribution >= 4 is 0 Å². The van der Waals surface area contributed by atoms with Crippen LogP contribution in [0.15, 0.2) is 18.2 Å². The number of hydrogen-bond acceptors (Lipinski definition) is 1. The molecule has 78 valence electrons. The summed E-state index contributed by atoms with van der Waals surface area (Å²) < 4.78 is 0. The molecule has 14 heavy (non-hydrogen) atoms. The zero-order valence-electron chi connectivity index (χ0n) is 9.38. The van der Waals surface area contributed by atoms with Crippen LogP contribution in [0.25, 0.3) is 0 Å². The van der Waals surface area contributed by atoms with Crippen LogP contribution in [0.4, 0.5) is 0 Å². The van der Waals surface area contributed by atoms with Gasteiger partial charge in [-0.15, -0.1) is 0 Å². The van der Waals surface area contributed by atoms with E-state index in [0.29, 0.717) is 5.92 Å². The topological polar surface area (TPSA) is 20.2 Å². The third-order valence-corrected chi connectivity index (χ3v) is 2.64. The summed E-state index contributed by atoms with van der Waals surface area (Å²) in [7, 11) is 0. The molecule has 0 aliphatic heterocycles. The van der Waals surface area contributed by atoms with Crippen LogP contribution >= 0.6 is 0 Å². The van der Waals surface area contributed by atoms with E-state index in [-0.39, 0.29) is 6.61 Å². The van der Waals surface area contributed by atoms with Crippen LogP contribution in [0.3, 0.4) is 0 Å². The summed E-state index contributed by atoms with van der Waals surface area (Å²) in [5, 5.41) is 8.80. The lowest BCUT2D eigenvalue weighted by Gasteiger charge is -2.10. The van der Waals surface area contributed by atoms with Crippen molar-refractivity contribution in [2.45, 2.75) is 39.5 Å². The van der Waals surface area contributed by atoms with Gasteiger partial charge in [0.25, 0.3) is 0 Å². The minimum atomic E-state index is 0.283. The molecule has 1 nitrogen and oxygen atoms in total. The summed E-state index contributed by atoms with van der Waals surface area (Å²) in [6, 6.07) is 6.65. The molecule has 0 aliphatic carbocycles. The second-order valence-electron chi connectivity index (χ2n) is 4.17. The van der Waals surface area contributed by atoms with Gasteiger partial charge in [0.15, 0.2) is 0 Å². The average molecular weight is 192 g/mol. The predicted molar refractivity (Wildman–Crippen MR) is 60.7 cm³/mol. The van der Waals surface area contributed by atoms with Gasteiger partial charge in [-0.25, -0.2) is 0 Å². The highest BCUT2D eigenvalue weighted by Crippen LogP contribution is 2.19. The number of hydrogen-bond donors (Lipinski definition) is 1. The second kappa shape index (κ2) is 5.16. The van der Waals surface area contributed by atoms with Crippen molar-refractivity contribution in [2.24, 2.45) is 0 Å². The van der Waals surface area contributed by atoms with Crippen LogP contribution in [0.5, 0.6) is 0 Å². The minimum absolute atomic E-state index is 0.283. The highest BCUT2D eigenvalue weighted by Gasteiger charge is 2.03. The van der Waals surface area contributed by atoms with Gasteiger partial charge in [0.2, 0.25) is 0 Å². The molecule has 0 heterocycles. The van der Waals surface area contributed by atoms with E-state index in [1.54, 1.807) is 0 Å². The highest BCUT2D eigenvalue weighted by atomic mass is 16.2. The number of aryl methyl sites for hydroxylation is 2. The summed E-state index contributed by atoms with van der Waals surface area (Å²) in [5.74, 6) is 0.587. The van der Waals surface area contributed by atoms with Gasteiger partial charge in [-0.05, 0) is 42.4 Å². The largest absolute Gasteiger partial charge is 0.396 e. The van der Waals surface area contributed by atoms with E-state index in [1.165, 1.54) is 16.7 Å². The SMILES string of the molecule is Cc1ccc(C(C)C)cc1CCCO. The van der Waals surface area contributed by atoms with Crippen LogP contribution < -0.4 is 0 Å². The lowest BCUT2D eigenvalue weighted by atomic mass is 9.96. The fourth-order valence-corrected chi connectivity index (χ4v) is 1.59. The Kier molecular flexibility index (Phi) is 4.15. The Bertz CT molecular complexity index is 289. The molecule has 0 amide bonds. The van der Waals surface area contributed by atoms with Crippen molar-refractivity contribution in [2.75, 3.05) is 6.61 Å². The quantitative estimate of drug-likeness (QED) is 0.777. The molecular formula is C13H20O. The van der Waals surface area contributed by atoms with E-state index in [9.17, 15) is 0 Å². The first-order chi connectivity index (χ1) is 6.65. The van der Waals surface area contributed by atoms with Gasteiger partial charge < -0.3 is 5.11 Å². The van der Waals surface area contributed by atoms with Crippen LogP contribution in [0.1, 0.15) is 42.9 Å². The maximum atomic E-state index is 8.80. The summed E-state index contributed by atoms with van der Waals surface area (Å²) in [6.45, 7) is 6.84. The summed E-state index contributed by atoms with van der Waals surface area (Å²) >= 11 is 0. The summed E-state index contributed by atoms with van der Waals surface area (Å²) in [5.41, 5.74) is 4.11. The highest BCUT2D eigenvalue weighted by molar-refractivity contribution is 5.32. The molecule has 0 spiro atoms. The molecule has 0 radical (unpaired) electrons. The second-order valence-corrected chi connectivity index (χ2v) is 4.17. The van der Waals surface area contributed by atoms with E-state index in [2.05, 4.69) is 39.0 Å².